The van der Waals surface area contributed by atoms with E-state index in [9.17, 15) is 14.4 Å². The molecule has 128 valence electrons. The first-order valence-corrected chi connectivity index (χ1v) is 7.64. The lowest BCUT2D eigenvalue weighted by Gasteiger charge is -2.33. The van der Waals surface area contributed by atoms with Crippen LogP contribution in [0.1, 0.15) is 61.3 Å². The lowest BCUT2D eigenvalue weighted by molar-refractivity contribution is -0.159. The van der Waals surface area contributed by atoms with Crippen LogP contribution in [0.3, 0.4) is 0 Å². The van der Waals surface area contributed by atoms with Gasteiger partial charge in [-0.2, -0.15) is 0 Å². The molecular formula is C17H30O5. The maximum absolute atomic E-state index is 12.3. The van der Waals surface area contributed by atoms with Gasteiger partial charge in [-0.1, -0.05) is 41.5 Å². The zero-order valence-electron chi connectivity index (χ0n) is 14.9. The Morgan fingerprint density at radius 3 is 1.82 bits per heavy atom. The number of ketones is 1. The Morgan fingerprint density at radius 1 is 0.909 bits per heavy atom. The predicted octanol–water partition coefficient (Wildman–Crippen LogP) is 3.15. The molecule has 0 heterocycles. The summed E-state index contributed by atoms with van der Waals surface area (Å²) in [6.07, 6.45) is 0.474. The molecule has 0 aromatic carbocycles. The number of Topliss-reactive ketones (excluding diaryl/α,β-unsaturated/α-hetero) is 1. The molecule has 0 aliphatic carbocycles. The van der Waals surface area contributed by atoms with Crippen LogP contribution in [-0.2, 0) is 23.9 Å². The molecule has 0 fully saturated rings. The van der Waals surface area contributed by atoms with Crippen molar-refractivity contribution in [2.45, 2.75) is 61.3 Å². The first kappa shape index (κ1) is 20.6. The molecule has 0 aliphatic heterocycles. The average molecular weight is 314 g/mol. The van der Waals surface area contributed by atoms with Crippen molar-refractivity contribution in [1.29, 1.82) is 0 Å². The molecular weight excluding hydrogens is 284 g/mol. The van der Waals surface area contributed by atoms with Crippen molar-refractivity contribution >= 4 is 17.7 Å². The zero-order chi connectivity index (χ0) is 17.6. The molecule has 0 radical (unpaired) electrons. The molecule has 5 heteroatoms. The maximum Gasteiger partial charge on any atom is 0.313 e. The molecule has 1 atom stereocenters. The minimum absolute atomic E-state index is 0.0131. The van der Waals surface area contributed by atoms with Crippen molar-refractivity contribution in [2.75, 3.05) is 13.2 Å². The van der Waals surface area contributed by atoms with E-state index < -0.39 is 5.97 Å². The van der Waals surface area contributed by atoms with Gasteiger partial charge in [0.25, 0.3) is 0 Å². The van der Waals surface area contributed by atoms with Crippen LogP contribution in [0.4, 0.5) is 0 Å². The number of esters is 2. The van der Waals surface area contributed by atoms with Crippen LogP contribution in [0.15, 0.2) is 0 Å². The van der Waals surface area contributed by atoms with Crippen molar-refractivity contribution in [3.8, 4) is 0 Å². The van der Waals surface area contributed by atoms with Gasteiger partial charge in [0.15, 0.2) is 0 Å². The quantitative estimate of drug-likeness (QED) is 0.410. The zero-order valence-corrected chi connectivity index (χ0v) is 14.9. The summed E-state index contributed by atoms with van der Waals surface area (Å²) in [6, 6.07) is 0. The Bertz CT molecular complexity index is 398. The summed E-state index contributed by atoms with van der Waals surface area (Å²) in [5, 5.41) is 0. The van der Waals surface area contributed by atoms with Gasteiger partial charge < -0.3 is 9.47 Å². The number of carbonyl (C=O) groups excluding carboxylic acids is 3. The molecule has 0 aromatic rings. The average Bonchev–Trinajstić information content (AvgIpc) is 2.28. The number of hydrogen-bond acceptors (Lipinski definition) is 5. The first-order chi connectivity index (χ1) is 9.83. The fourth-order valence-corrected chi connectivity index (χ4v) is 2.01. The second-order valence-corrected chi connectivity index (χ2v) is 7.95. The van der Waals surface area contributed by atoms with Crippen molar-refractivity contribution in [3.05, 3.63) is 0 Å². The van der Waals surface area contributed by atoms with Crippen LogP contribution in [-0.4, -0.2) is 30.9 Å². The van der Waals surface area contributed by atoms with E-state index in [4.69, 9.17) is 9.47 Å². The minimum atomic E-state index is -0.592. The Balaban J connectivity index is 4.36. The van der Waals surface area contributed by atoms with Crippen LogP contribution < -0.4 is 0 Å². The predicted molar refractivity (Wildman–Crippen MR) is 84.2 cm³/mol. The van der Waals surface area contributed by atoms with E-state index in [2.05, 4.69) is 20.8 Å². The smallest absolute Gasteiger partial charge is 0.313 e. The van der Waals surface area contributed by atoms with Gasteiger partial charge in [-0.05, 0) is 24.2 Å². The van der Waals surface area contributed by atoms with Gasteiger partial charge in [0, 0.05) is 0 Å². The minimum Gasteiger partial charge on any atom is -0.462 e. The Hall–Kier alpha value is -1.39. The topological polar surface area (TPSA) is 69.7 Å². The number of hydrogen-bond donors (Lipinski definition) is 0. The van der Waals surface area contributed by atoms with Crippen LogP contribution in [0, 0.1) is 16.7 Å². The first-order valence-electron chi connectivity index (χ1n) is 7.64. The van der Waals surface area contributed by atoms with E-state index in [0.717, 1.165) is 6.42 Å². The van der Waals surface area contributed by atoms with Gasteiger partial charge in [0.1, 0.15) is 25.4 Å². The van der Waals surface area contributed by atoms with Crippen molar-refractivity contribution in [3.63, 3.8) is 0 Å². The summed E-state index contributed by atoms with van der Waals surface area (Å²) >= 11 is 0. The van der Waals surface area contributed by atoms with Gasteiger partial charge in [0.2, 0.25) is 0 Å². The molecule has 0 rings (SSSR count). The standard InChI is InChI=1S/C17H30O5/c1-12(18)10-14(19)21-8-9-22-15(20)13(17(5,6)7)11-16(2,3)4/h13H,8-11H2,1-7H3. The highest BCUT2D eigenvalue weighted by Gasteiger charge is 2.35. The summed E-state index contributed by atoms with van der Waals surface area (Å²) in [4.78, 5) is 34.2. The molecule has 0 aromatic heterocycles. The maximum atomic E-state index is 12.3. The van der Waals surface area contributed by atoms with Crippen molar-refractivity contribution < 1.29 is 23.9 Å². The molecule has 0 amide bonds. The fraction of sp³-hybridized carbons (Fsp3) is 0.824. The largest absolute Gasteiger partial charge is 0.462 e. The van der Waals surface area contributed by atoms with Crippen molar-refractivity contribution in [1.82, 2.24) is 0 Å². The van der Waals surface area contributed by atoms with E-state index in [1.165, 1.54) is 6.92 Å². The lowest BCUT2D eigenvalue weighted by Crippen LogP contribution is -2.34. The SMILES string of the molecule is CC(=O)CC(=O)OCCOC(=O)C(CC(C)(C)C)C(C)(C)C. The number of carbonyl (C=O) groups is 3. The Labute approximate surface area is 133 Å². The molecule has 0 saturated carbocycles. The second-order valence-electron chi connectivity index (χ2n) is 7.95. The van der Waals surface area contributed by atoms with Crippen LogP contribution >= 0.6 is 0 Å². The highest BCUT2D eigenvalue weighted by atomic mass is 16.6. The molecule has 0 bridgehead atoms. The Kier molecular flexibility index (Phi) is 7.77. The highest BCUT2D eigenvalue weighted by Crippen LogP contribution is 2.36. The third kappa shape index (κ3) is 9.53. The van der Waals surface area contributed by atoms with Gasteiger partial charge in [-0.25, -0.2) is 0 Å². The third-order valence-electron chi connectivity index (χ3n) is 3.13. The Morgan fingerprint density at radius 2 is 1.41 bits per heavy atom. The van der Waals surface area contributed by atoms with E-state index in [-0.39, 0.29) is 48.1 Å². The summed E-state index contributed by atoms with van der Waals surface area (Å²) in [5.74, 6) is -1.34. The van der Waals surface area contributed by atoms with Gasteiger partial charge in [0.05, 0.1) is 5.92 Å². The van der Waals surface area contributed by atoms with E-state index in [1.54, 1.807) is 0 Å². The molecule has 0 aliphatic rings. The molecule has 0 N–H and O–H groups in total. The van der Waals surface area contributed by atoms with E-state index in [0.29, 0.717) is 0 Å². The lowest BCUT2D eigenvalue weighted by atomic mass is 9.72. The van der Waals surface area contributed by atoms with E-state index >= 15 is 0 Å². The van der Waals surface area contributed by atoms with Crippen LogP contribution in [0.2, 0.25) is 0 Å². The molecule has 5 nitrogen and oxygen atoms in total. The second kappa shape index (κ2) is 8.30. The number of rotatable bonds is 7. The van der Waals surface area contributed by atoms with Crippen molar-refractivity contribution in [2.24, 2.45) is 16.7 Å². The van der Waals surface area contributed by atoms with E-state index in [1.807, 2.05) is 20.8 Å². The fourth-order valence-electron chi connectivity index (χ4n) is 2.01. The highest BCUT2D eigenvalue weighted by molar-refractivity contribution is 5.94. The monoisotopic (exact) mass is 314 g/mol. The van der Waals surface area contributed by atoms with Crippen LogP contribution in [0.25, 0.3) is 0 Å². The van der Waals surface area contributed by atoms with Gasteiger partial charge in [-0.15, -0.1) is 0 Å². The molecule has 22 heavy (non-hydrogen) atoms. The van der Waals surface area contributed by atoms with Gasteiger partial charge >= 0.3 is 11.9 Å². The summed E-state index contributed by atoms with van der Waals surface area (Å²) in [6.45, 7) is 13.6. The third-order valence-corrected chi connectivity index (χ3v) is 3.13. The summed E-state index contributed by atoms with van der Waals surface area (Å²) in [7, 11) is 0. The van der Waals surface area contributed by atoms with Gasteiger partial charge in [-0.3, -0.25) is 14.4 Å². The normalized spacial score (nSPS) is 13.4. The molecule has 0 saturated heterocycles. The number of ether oxygens (including phenoxy) is 2. The summed E-state index contributed by atoms with van der Waals surface area (Å²) in [5.41, 5.74) is -0.180. The van der Waals surface area contributed by atoms with Crippen LogP contribution in [0.5, 0.6) is 0 Å². The molecule has 0 spiro atoms. The summed E-state index contributed by atoms with van der Waals surface area (Å²) < 4.78 is 10.1. The molecule has 1 unspecified atom stereocenters.